The van der Waals surface area contributed by atoms with Crippen molar-refractivity contribution in [3.63, 3.8) is 0 Å². The SMILES string of the molecule is NC(=O)C1CCN(C(=O)CO)C1. The zero-order valence-corrected chi connectivity index (χ0v) is 6.69. The Labute approximate surface area is 70.1 Å². The summed E-state index contributed by atoms with van der Waals surface area (Å²) in [4.78, 5) is 23.0. The highest BCUT2D eigenvalue weighted by Gasteiger charge is 2.28. The van der Waals surface area contributed by atoms with Crippen LogP contribution in [0.15, 0.2) is 0 Å². The number of nitrogens with two attached hydrogens (primary N) is 1. The topological polar surface area (TPSA) is 83.6 Å². The minimum Gasteiger partial charge on any atom is -0.387 e. The number of aliphatic hydroxyl groups is 1. The molecule has 2 amide bonds. The molecule has 0 bridgehead atoms. The summed E-state index contributed by atoms with van der Waals surface area (Å²) >= 11 is 0. The molecule has 5 heteroatoms. The van der Waals surface area contributed by atoms with Crippen molar-refractivity contribution in [3.8, 4) is 0 Å². The molecule has 12 heavy (non-hydrogen) atoms. The number of rotatable bonds is 2. The maximum absolute atomic E-state index is 10.9. The number of aliphatic hydroxyl groups excluding tert-OH is 1. The fourth-order valence-corrected chi connectivity index (χ4v) is 1.32. The predicted molar refractivity (Wildman–Crippen MR) is 41.0 cm³/mol. The van der Waals surface area contributed by atoms with Gasteiger partial charge in [0, 0.05) is 13.1 Å². The molecule has 0 aromatic rings. The second-order valence-electron chi connectivity index (χ2n) is 2.89. The van der Waals surface area contributed by atoms with Crippen LogP contribution in [0, 0.1) is 5.92 Å². The molecule has 0 saturated carbocycles. The fourth-order valence-electron chi connectivity index (χ4n) is 1.32. The molecule has 1 aliphatic rings. The first-order chi connectivity index (χ1) is 5.65. The maximum Gasteiger partial charge on any atom is 0.248 e. The van der Waals surface area contributed by atoms with E-state index in [0.717, 1.165) is 0 Å². The highest BCUT2D eigenvalue weighted by molar-refractivity contribution is 5.81. The van der Waals surface area contributed by atoms with E-state index in [1.165, 1.54) is 4.90 Å². The summed E-state index contributed by atoms with van der Waals surface area (Å²) in [6, 6.07) is 0. The van der Waals surface area contributed by atoms with Crippen LogP contribution in [-0.2, 0) is 9.59 Å². The van der Waals surface area contributed by atoms with Crippen LogP contribution in [0.3, 0.4) is 0 Å². The molecule has 1 saturated heterocycles. The van der Waals surface area contributed by atoms with E-state index in [9.17, 15) is 9.59 Å². The molecule has 1 atom stereocenters. The van der Waals surface area contributed by atoms with E-state index in [-0.39, 0.29) is 17.7 Å². The van der Waals surface area contributed by atoms with Gasteiger partial charge in [-0.05, 0) is 6.42 Å². The molecule has 0 aromatic carbocycles. The minimum atomic E-state index is -0.495. The van der Waals surface area contributed by atoms with Gasteiger partial charge in [0.25, 0.3) is 0 Å². The summed E-state index contributed by atoms with van der Waals surface area (Å²) in [6.45, 7) is 0.382. The van der Waals surface area contributed by atoms with Crippen molar-refractivity contribution in [2.24, 2.45) is 11.7 Å². The Bertz CT molecular complexity index is 205. The number of hydrogen-bond donors (Lipinski definition) is 2. The van der Waals surface area contributed by atoms with Crippen LogP contribution in [0.2, 0.25) is 0 Å². The lowest BCUT2D eigenvalue weighted by atomic mass is 10.1. The third kappa shape index (κ3) is 1.73. The van der Waals surface area contributed by atoms with Crippen LogP contribution < -0.4 is 5.73 Å². The Kier molecular flexibility index (Phi) is 2.65. The Hall–Kier alpha value is -1.10. The minimum absolute atomic E-state index is 0.236. The monoisotopic (exact) mass is 172 g/mol. The number of primary amides is 1. The lowest BCUT2D eigenvalue weighted by Gasteiger charge is -2.13. The molecular weight excluding hydrogens is 160 g/mol. The van der Waals surface area contributed by atoms with Crippen molar-refractivity contribution in [1.29, 1.82) is 0 Å². The van der Waals surface area contributed by atoms with Crippen molar-refractivity contribution in [1.82, 2.24) is 4.90 Å². The van der Waals surface area contributed by atoms with Gasteiger partial charge in [0.15, 0.2) is 0 Å². The van der Waals surface area contributed by atoms with E-state index in [0.29, 0.717) is 19.5 Å². The van der Waals surface area contributed by atoms with Crippen LogP contribution in [0.1, 0.15) is 6.42 Å². The van der Waals surface area contributed by atoms with Gasteiger partial charge in [-0.3, -0.25) is 9.59 Å². The molecule has 3 N–H and O–H groups in total. The molecule has 1 heterocycles. The Morgan fingerprint density at radius 1 is 1.58 bits per heavy atom. The third-order valence-corrected chi connectivity index (χ3v) is 2.08. The third-order valence-electron chi connectivity index (χ3n) is 2.08. The van der Waals surface area contributed by atoms with Crippen LogP contribution in [0.4, 0.5) is 0 Å². The highest BCUT2D eigenvalue weighted by Crippen LogP contribution is 2.15. The van der Waals surface area contributed by atoms with Crippen LogP contribution in [0.25, 0.3) is 0 Å². The van der Waals surface area contributed by atoms with Crippen molar-refractivity contribution in [3.05, 3.63) is 0 Å². The molecule has 0 aromatic heterocycles. The maximum atomic E-state index is 10.9. The molecule has 1 rings (SSSR count). The second kappa shape index (κ2) is 3.53. The molecule has 0 aliphatic carbocycles. The van der Waals surface area contributed by atoms with Gasteiger partial charge in [-0.15, -0.1) is 0 Å². The summed E-state index contributed by atoms with van der Waals surface area (Å²) in [7, 11) is 0. The zero-order chi connectivity index (χ0) is 9.14. The normalized spacial score (nSPS) is 22.8. The van der Waals surface area contributed by atoms with E-state index in [1.54, 1.807) is 0 Å². The number of nitrogens with zero attached hydrogens (tertiary/aromatic N) is 1. The van der Waals surface area contributed by atoms with E-state index in [4.69, 9.17) is 10.8 Å². The summed E-state index contributed by atoms with van der Waals surface area (Å²) in [5.74, 6) is -0.942. The van der Waals surface area contributed by atoms with Crippen LogP contribution in [0.5, 0.6) is 0 Å². The first kappa shape index (κ1) is 8.99. The number of amides is 2. The molecule has 0 radical (unpaired) electrons. The van der Waals surface area contributed by atoms with Gasteiger partial charge in [-0.1, -0.05) is 0 Å². The van der Waals surface area contributed by atoms with E-state index in [2.05, 4.69) is 0 Å². The molecule has 0 spiro atoms. The molecule has 5 nitrogen and oxygen atoms in total. The summed E-state index contributed by atoms with van der Waals surface area (Å²) in [5.41, 5.74) is 5.06. The van der Waals surface area contributed by atoms with Gasteiger partial charge in [0.05, 0.1) is 5.92 Å². The Balaban J connectivity index is 2.45. The quantitative estimate of drug-likeness (QED) is 0.521. The average molecular weight is 172 g/mol. The van der Waals surface area contributed by atoms with Crippen molar-refractivity contribution >= 4 is 11.8 Å². The van der Waals surface area contributed by atoms with Crippen molar-refractivity contribution < 1.29 is 14.7 Å². The standard InChI is InChI=1S/C7H12N2O3/c8-7(12)5-1-2-9(3-5)6(11)4-10/h5,10H,1-4H2,(H2,8,12). The molecule has 1 aliphatic heterocycles. The second-order valence-corrected chi connectivity index (χ2v) is 2.89. The van der Waals surface area contributed by atoms with Gasteiger partial charge >= 0.3 is 0 Å². The van der Waals surface area contributed by atoms with Gasteiger partial charge in [0.2, 0.25) is 11.8 Å². The highest BCUT2D eigenvalue weighted by atomic mass is 16.3. The first-order valence-electron chi connectivity index (χ1n) is 3.83. The number of carbonyl (C=O) groups excluding carboxylic acids is 2. The van der Waals surface area contributed by atoms with E-state index < -0.39 is 6.61 Å². The molecular formula is C7H12N2O3. The van der Waals surface area contributed by atoms with Gasteiger partial charge in [-0.2, -0.15) is 0 Å². The Morgan fingerprint density at radius 2 is 2.25 bits per heavy atom. The molecule has 68 valence electrons. The number of hydrogen-bond acceptors (Lipinski definition) is 3. The van der Waals surface area contributed by atoms with Crippen molar-refractivity contribution in [2.75, 3.05) is 19.7 Å². The molecule has 1 unspecified atom stereocenters. The van der Waals surface area contributed by atoms with E-state index in [1.807, 2.05) is 0 Å². The number of carbonyl (C=O) groups is 2. The number of likely N-dealkylation sites (tertiary alicyclic amines) is 1. The van der Waals surface area contributed by atoms with Gasteiger partial charge < -0.3 is 15.7 Å². The summed E-state index contributed by atoms with van der Waals surface area (Å²) in [5, 5.41) is 8.51. The zero-order valence-electron chi connectivity index (χ0n) is 6.69. The summed E-state index contributed by atoms with van der Waals surface area (Å²) in [6.07, 6.45) is 0.612. The van der Waals surface area contributed by atoms with Crippen LogP contribution in [-0.4, -0.2) is 41.5 Å². The largest absolute Gasteiger partial charge is 0.387 e. The lowest BCUT2D eigenvalue weighted by molar-refractivity contribution is -0.133. The predicted octanol–water partition coefficient (Wildman–Crippen LogP) is -1.69. The summed E-state index contributed by atoms with van der Waals surface area (Å²) < 4.78 is 0. The van der Waals surface area contributed by atoms with Crippen molar-refractivity contribution in [2.45, 2.75) is 6.42 Å². The smallest absolute Gasteiger partial charge is 0.248 e. The van der Waals surface area contributed by atoms with Gasteiger partial charge in [-0.25, -0.2) is 0 Å². The average Bonchev–Trinajstić information content (AvgIpc) is 2.51. The molecule has 1 fully saturated rings. The Morgan fingerprint density at radius 3 is 2.67 bits per heavy atom. The lowest BCUT2D eigenvalue weighted by Crippen LogP contribution is -2.33. The van der Waals surface area contributed by atoms with E-state index >= 15 is 0 Å². The van der Waals surface area contributed by atoms with Gasteiger partial charge in [0.1, 0.15) is 6.61 Å². The fraction of sp³-hybridized carbons (Fsp3) is 0.714. The first-order valence-corrected chi connectivity index (χ1v) is 3.83. The van der Waals surface area contributed by atoms with Crippen LogP contribution >= 0.6 is 0 Å².